The smallest absolute Gasteiger partial charge is 0.166 e. The van der Waals surface area contributed by atoms with Crippen molar-refractivity contribution in [3.8, 4) is 11.5 Å². The zero-order valence-corrected chi connectivity index (χ0v) is 19.0. The molecule has 0 bridgehead atoms. The summed E-state index contributed by atoms with van der Waals surface area (Å²) < 4.78 is 26.6. The Morgan fingerprint density at radius 3 is 2.72 bits per heavy atom. The molecule has 1 fully saturated rings. The van der Waals surface area contributed by atoms with Crippen LogP contribution in [0.4, 0.5) is 15.9 Å². The van der Waals surface area contributed by atoms with Gasteiger partial charge in [0.1, 0.15) is 24.9 Å². The molecule has 3 aromatic rings. The number of piperidine rings is 1. The molecule has 170 valence electrons. The highest BCUT2D eigenvalue weighted by Gasteiger charge is 2.21. The Bertz CT molecular complexity index is 1110. The Morgan fingerprint density at radius 2 is 1.97 bits per heavy atom. The van der Waals surface area contributed by atoms with Gasteiger partial charge in [-0.2, -0.15) is 0 Å². The van der Waals surface area contributed by atoms with Gasteiger partial charge in [-0.15, -0.1) is 0 Å². The highest BCUT2D eigenvalue weighted by Crippen LogP contribution is 2.37. The van der Waals surface area contributed by atoms with Crippen molar-refractivity contribution in [3.05, 3.63) is 46.5 Å². The molecule has 0 saturated carbocycles. The number of aliphatic hydroxyl groups excluding tert-OH is 1. The van der Waals surface area contributed by atoms with Crippen molar-refractivity contribution in [3.63, 3.8) is 0 Å². The van der Waals surface area contributed by atoms with Gasteiger partial charge in [0.15, 0.2) is 17.3 Å². The Balaban J connectivity index is 1.71. The topological polar surface area (TPSA) is 79.7 Å². The Labute approximate surface area is 195 Å². The van der Waals surface area contributed by atoms with E-state index in [9.17, 15) is 9.50 Å². The van der Waals surface area contributed by atoms with E-state index in [1.165, 1.54) is 18.5 Å². The SMILES string of the molecule is CN1CCC(Oc2cc3c(Nc4ccc(Cl)c(Cl)c4F)ncnc3cc2OCCO)CC1. The lowest BCUT2D eigenvalue weighted by Gasteiger charge is -2.30. The van der Waals surface area contributed by atoms with Crippen LogP contribution in [0.3, 0.4) is 0 Å². The number of ether oxygens (including phenoxy) is 2. The van der Waals surface area contributed by atoms with Crippen molar-refractivity contribution in [1.82, 2.24) is 14.9 Å². The van der Waals surface area contributed by atoms with E-state index < -0.39 is 5.82 Å². The average molecular weight is 481 g/mol. The van der Waals surface area contributed by atoms with Gasteiger partial charge in [0.2, 0.25) is 0 Å². The van der Waals surface area contributed by atoms with Gasteiger partial charge >= 0.3 is 0 Å². The highest BCUT2D eigenvalue weighted by atomic mass is 35.5. The third kappa shape index (κ3) is 4.99. The standard InChI is InChI=1S/C22H23Cl2FN4O3/c1-29-6-4-13(5-7-29)32-19-10-14-17(11-18(19)31-9-8-30)26-12-27-22(14)28-16-3-2-15(23)20(24)21(16)25/h2-3,10-13,30H,4-9H2,1H3,(H,26,27,28). The average Bonchev–Trinajstić information content (AvgIpc) is 2.80. The fraction of sp³-hybridized carbons (Fsp3) is 0.364. The van der Waals surface area contributed by atoms with E-state index in [-0.39, 0.29) is 35.1 Å². The van der Waals surface area contributed by atoms with E-state index in [4.69, 9.17) is 32.7 Å². The van der Waals surface area contributed by atoms with Gasteiger partial charge in [0.25, 0.3) is 0 Å². The molecule has 7 nitrogen and oxygen atoms in total. The minimum absolute atomic E-state index is 0.0358. The second kappa shape index (κ2) is 10.0. The monoisotopic (exact) mass is 480 g/mol. The number of likely N-dealkylation sites (tertiary alicyclic amines) is 1. The molecule has 1 aliphatic rings. The van der Waals surface area contributed by atoms with Crippen LogP contribution in [0, 0.1) is 5.82 Å². The molecule has 10 heteroatoms. The molecule has 1 aromatic heterocycles. The molecule has 0 amide bonds. The lowest BCUT2D eigenvalue weighted by atomic mass is 10.1. The molecule has 0 spiro atoms. The van der Waals surface area contributed by atoms with Crippen LogP contribution in [0.2, 0.25) is 10.0 Å². The third-order valence-electron chi connectivity index (χ3n) is 5.30. The van der Waals surface area contributed by atoms with E-state index in [2.05, 4.69) is 27.2 Å². The van der Waals surface area contributed by atoms with Crippen molar-refractivity contribution in [2.24, 2.45) is 0 Å². The number of hydrogen-bond donors (Lipinski definition) is 2. The third-order valence-corrected chi connectivity index (χ3v) is 6.08. The maximum absolute atomic E-state index is 14.6. The molecule has 1 aliphatic heterocycles. The molecule has 32 heavy (non-hydrogen) atoms. The largest absolute Gasteiger partial charge is 0.487 e. The van der Waals surface area contributed by atoms with Crippen molar-refractivity contribution in [2.45, 2.75) is 18.9 Å². The molecular weight excluding hydrogens is 458 g/mol. The molecule has 2 aromatic carbocycles. The maximum Gasteiger partial charge on any atom is 0.166 e. The zero-order chi connectivity index (χ0) is 22.7. The summed E-state index contributed by atoms with van der Waals surface area (Å²) in [5.74, 6) is 0.717. The Morgan fingerprint density at radius 1 is 1.19 bits per heavy atom. The van der Waals surface area contributed by atoms with Crippen LogP contribution in [-0.2, 0) is 0 Å². The van der Waals surface area contributed by atoms with Crippen LogP contribution in [-0.4, -0.2) is 59.4 Å². The minimum atomic E-state index is -0.670. The lowest BCUT2D eigenvalue weighted by molar-refractivity contribution is 0.108. The van der Waals surface area contributed by atoms with E-state index in [1.54, 1.807) is 12.1 Å². The number of aliphatic hydroxyl groups is 1. The van der Waals surface area contributed by atoms with Crippen LogP contribution in [0.25, 0.3) is 10.9 Å². The van der Waals surface area contributed by atoms with Gasteiger partial charge in [-0.3, -0.25) is 0 Å². The van der Waals surface area contributed by atoms with E-state index in [0.717, 1.165) is 25.9 Å². The molecule has 0 aliphatic carbocycles. The lowest BCUT2D eigenvalue weighted by Crippen LogP contribution is -2.35. The molecule has 2 heterocycles. The van der Waals surface area contributed by atoms with Gasteiger partial charge in [-0.25, -0.2) is 14.4 Å². The van der Waals surface area contributed by atoms with Crippen LogP contribution in [0.1, 0.15) is 12.8 Å². The summed E-state index contributed by atoms with van der Waals surface area (Å²) in [6.45, 7) is 1.88. The Hall–Kier alpha value is -2.39. The normalized spacial score (nSPS) is 15.2. The summed E-state index contributed by atoms with van der Waals surface area (Å²) in [6.07, 6.45) is 3.18. The summed E-state index contributed by atoms with van der Waals surface area (Å²) in [7, 11) is 2.08. The van der Waals surface area contributed by atoms with Gasteiger partial charge < -0.3 is 24.8 Å². The summed E-state index contributed by atoms with van der Waals surface area (Å²) in [6, 6.07) is 6.51. The quantitative estimate of drug-likeness (QED) is 0.475. The first-order chi connectivity index (χ1) is 15.5. The molecule has 1 saturated heterocycles. The predicted octanol–water partition coefficient (Wildman–Crippen LogP) is 4.66. The summed E-state index contributed by atoms with van der Waals surface area (Å²) in [5.41, 5.74) is 0.712. The van der Waals surface area contributed by atoms with Crippen LogP contribution in [0.5, 0.6) is 11.5 Å². The number of aromatic nitrogens is 2. The highest BCUT2D eigenvalue weighted by molar-refractivity contribution is 6.42. The fourth-order valence-electron chi connectivity index (χ4n) is 3.56. The number of rotatable bonds is 7. The first kappa shape index (κ1) is 22.8. The van der Waals surface area contributed by atoms with Crippen LogP contribution >= 0.6 is 23.2 Å². The summed E-state index contributed by atoms with van der Waals surface area (Å²) in [4.78, 5) is 10.8. The molecule has 4 rings (SSSR count). The van der Waals surface area contributed by atoms with Crippen molar-refractivity contribution >= 4 is 45.6 Å². The van der Waals surface area contributed by atoms with E-state index in [1.807, 2.05) is 0 Å². The van der Waals surface area contributed by atoms with Crippen molar-refractivity contribution < 1.29 is 19.0 Å². The second-order valence-electron chi connectivity index (χ2n) is 7.58. The van der Waals surface area contributed by atoms with Crippen LogP contribution in [0.15, 0.2) is 30.6 Å². The molecule has 0 radical (unpaired) electrons. The summed E-state index contributed by atoms with van der Waals surface area (Å²) >= 11 is 11.8. The van der Waals surface area contributed by atoms with E-state index in [0.29, 0.717) is 28.2 Å². The number of nitrogens with zero attached hydrogens (tertiary/aromatic N) is 3. The predicted molar refractivity (Wildman–Crippen MR) is 123 cm³/mol. The molecule has 0 unspecified atom stereocenters. The number of fused-ring (bicyclic) bond motifs is 1. The second-order valence-corrected chi connectivity index (χ2v) is 8.36. The fourth-order valence-corrected chi connectivity index (χ4v) is 3.87. The first-order valence-corrected chi connectivity index (χ1v) is 11.0. The maximum atomic E-state index is 14.6. The van der Waals surface area contributed by atoms with Gasteiger partial charge in [-0.05, 0) is 38.1 Å². The van der Waals surface area contributed by atoms with Crippen LogP contribution < -0.4 is 14.8 Å². The molecule has 0 atom stereocenters. The Kier molecular flexibility index (Phi) is 7.15. The van der Waals surface area contributed by atoms with Crippen molar-refractivity contribution in [2.75, 3.05) is 38.7 Å². The van der Waals surface area contributed by atoms with Gasteiger partial charge in [0.05, 0.1) is 27.9 Å². The van der Waals surface area contributed by atoms with Gasteiger partial charge in [0, 0.05) is 24.5 Å². The number of hydrogen-bond acceptors (Lipinski definition) is 7. The number of benzene rings is 2. The minimum Gasteiger partial charge on any atom is -0.487 e. The zero-order valence-electron chi connectivity index (χ0n) is 17.4. The molecule has 2 N–H and O–H groups in total. The number of halogens is 3. The number of nitrogens with one attached hydrogen (secondary N) is 1. The number of anilines is 2. The van der Waals surface area contributed by atoms with E-state index >= 15 is 0 Å². The van der Waals surface area contributed by atoms with Gasteiger partial charge in [-0.1, -0.05) is 23.2 Å². The van der Waals surface area contributed by atoms with Crippen molar-refractivity contribution in [1.29, 1.82) is 0 Å². The molecular formula is C22H23Cl2FN4O3. The summed E-state index contributed by atoms with van der Waals surface area (Å²) in [5, 5.41) is 12.7. The first-order valence-electron chi connectivity index (χ1n) is 10.2.